The molecule has 1 spiro atoms. The molecule has 0 bridgehead atoms. The minimum Gasteiger partial charge on any atom is -0.444 e. The van der Waals surface area contributed by atoms with Gasteiger partial charge in [-0.05, 0) is 58.5 Å². The zero-order valence-corrected chi connectivity index (χ0v) is 14.2. The monoisotopic (exact) mass is 311 g/mol. The summed E-state index contributed by atoms with van der Waals surface area (Å²) in [6.07, 6.45) is 2.61. The van der Waals surface area contributed by atoms with Crippen molar-refractivity contribution in [2.24, 2.45) is 5.41 Å². The molecule has 2 aliphatic rings. The van der Waals surface area contributed by atoms with Crippen LogP contribution < -0.4 is 10.6 Å². The quantitative estimate of drug-likeness (QED) is 0.770. The largest absolute Gasteiger partial charge is 0.444 e. The van der Waals surface area contributed by atoms with E-state index in [-0.39, 0.29) is 23.5 Å². The topological polar surface area (TPSA) is 70.7 Å². The van der Waals surface area contributed by atoms with Crippen molar-refractivity contribution in [2.75, 3.05) is 26.2 Å². The van der Waals surface area contributed by atoms with Crippen LogP contribution >= 0.6 is 0 Å². The molecule has 2 fully saturated rings. The van der Waals surface area contributed by atoms with Gasteiger partial charge in [-0.25, -0.2) is 4.79 Å². The van der Waals surface area contributed by atoms with E-state index in [4.69, 9.17) is 4.74 Å². The Morgan fingerprint density at radius 1 is 1.23 bits per heavy atom. The Labute approximate surface area is 132 Å². The molecule has 1 unspecified atom stereocenters. The van der Waals surface area contributed by atoms with E-state index in [0.29, 0.717) is 6.54 Å². The van der Waals surface area contributed by atoms with E-state index in [1.54, 1.807) is 6.92 Å². The fraction of sp³-hybridized carbons (Fsp3) is 0.875. The fourth-order valence-corrected chi connectivity index (χ4v) is 3.49. The molecule has 0 aromatic carbocycles. The van der Waals surface area contributed by atoms with E-state index < -0.39 is 5.60 Å². The van der Waals surface area contributed by atoms with Crippen molar-refractivity contribution in [3.63, 3.8) is 0 Å². The molecule has 0 aliphatic carbocycles. The molecule has 22 heavy (non-hydrogen) atoms. The summed E-state index contributed by atoms with van der Waals surface area (Å²) in [7, 11) is 0. The van der Waals surface area contributed by atoms with Crippen LogP contribution in [0.3, 0.4) is 0 Å². The molecule has 126 valence electrons. The number of hydrogen-bond donors (Lipinski definition) is 2. The van der Waals surface area contributed by atoms with E-state index in [1.165, 1.54) is 0 Å². The van der Waals surface area contributed by atoms with Gasteiger partial charge in [0.15, 0.2) is 0 Å². The molecular weight excluding hydrogens is 282 g/mol. The first kappa shape index (κ1) is 17.1. The number of nitrogens with one attached hydrogen (secondary N) is 2. The van der Waals surface area contributed by atoms with E-state index >= 15 is 0 Å². The van der Waals surface area contributed by atoms with Gasteiger partial charge < -0.3 is 20.3 Å². The standard InChI is InChI=1S/C16H29N3O3/c1-12(20)19-10-7-16(5-8-17-9-6-16)13(11-19)18-14(21)22-15(2,3)4/h13,17H,5-11H2,1-4H3,(H,18,21). The molecule has 6 nitrogen and oxygen atoms in total. The molecule has 2 saturated heterocycles. The third kappa shape index (κ3) is 4.12. The lowest BCUT2D eigenvalue weighted by Crippen LogP contribution is -2.62. The number of piperidine rings is 2. The zero-order valence-electron chi connectivity index (χ0n) is 14.2. The highest BCUT2D eigenvalue weighted by Crippen LogP contribution is 2.40. The number of carbonyl (C=O) groups excluding carboxylic acids is 2. The van der Waals surface area contributed by atoms with Crippen LogP contribution in [-0.2, 0) is 9.53 Å². The Morgan fingerprint density at radius 3 is 2.41 bits per heavy atom. The number of hydrogen-bond acceptors (Lipinski definition) is 4. The molecule has 2 aliphatic heterocycles. The molecule has 6 heteroatoms. The van der Waals surface area contributed by atoms with Crippen molar-refractivity contribution >= 4 is 12.0 Å². The number of rotatable bonds is 1. The highest BCUT2D eigenvalue weighted by molar-refractivity contribution is 5.74. The lowest BCUT2D eigenvalue weighted by atomic mass is 9.68. The zero-order chi connectivity index (χ0) is 16.4. The number of ether oxygens (including phenoxy) is 1. The van der Waals surface area contributed by atoms with Gasteiger partial charge in [-0.15, -0.1) is 0 Å². The summed E-state index contributed by atoms with van der Waals surface area (Å²) in [5.74, 6) is 0.0692. The van der Waals surface area contributed by atoms with Gasteiger partial charge in [0.2, 0.25) is 5.91 Å². The van der Waals surface area contributed by atoms with Gasteiger partial charge >= 0.3 is 6.09 Å². The number of alkyl carbamates (subject to hydrolysis) is 1. The maximum atomic E-state index is 12.2. The Hall–Kier alpha value is -1.30. The number of nitrogens with zero attached hydrogens (tertiary/aromatic N) is 1. The Kier molecular flexibility index (Phi) is 5.00. The van der Waals surface area contributed by atoms with Gasteiger partial charge in [-0.2, -0.15) is 0 Å². The molecule has 2 heterocycles. The van der Waals surface area contributed by atoms with Crippen molar-refractivity contribution in [1.29, 1.82) is 0 Å². The number of carbonyl (C=O) groups is 2. The molecular formula is C16H29N3O3. The van der Waals surface area contributed by atoms with Gasteiger partial charge in [0, 0.05) is 20.0 Å². The van der Waals surface area contributed by atoms with Crippen molar-refractivity contribution in [3.8, 4) is 0 Å². The van der Waals surface area contributed by atoms with Gasteiger partial charge in [-0.1, -0.05) is 0 Å². The third-order valence-electron chi connectivity index (χ3n) is 4.76. The molecule has 0 aromatic heterocycles. The van der Waals surface area contributed by atoms with Crippen LogP contribution in [0.2, 0.25) is 0 Å². The highest BCUT2D eigenvalue weighted by atomic mass is 16.6. The maximum Gasteiger partial charge on any atom is 0.407 e. The molecule has 0 radical (unpaired) electrons. The molecule has 0 saturated carbocycles. The SMILES string of the molecule is CC(=O)N1CCC2(CCNCC2)C(NC(=O)OC(C)(C)C)C1. The van der Waals surface area contributed by atoms with Gasteiger partial charge in [0.25, 0.3) is 0 Å². The average molecular weight is 311 g/mol. The van der Waals surface area contributed by atoms with Gasteiger partial charge in [0.05, 0.1) is 6.04 Å². The second kappa shape index (κ2) is 6.44. The van der Waals surface area contributed by atoms with Crippen molar-refractivity contribution < 1.29 is 14.3 Å². The van der Waals surface area contributed by atoms with Crippen molar-refractivity contribution in [1.82, 2.24) is 15.5 Å². The maximum absolute atomic E-state index is 12.2. The minimum absolute atomic E-state index is 0.0397. The number of likely N-dealkylation sites (tertiary alicyclic amines) is 1. The second-order valence-corrected chi connectivity index (χ2v) is 7.53. The summed E-state index contributed by atoms with van der Waals surface area (Å²) in [4.78, 5) is 25.7. The lowest BCUT2D eigenvalue weighted by molar-refractivity contribution is -0.132. The van der Waals surface area contributed by atoms with Crippen LogP contribution in [0.25, 0.3) is 0 Å². The molecule has 2 amide bonds. The van der Waals surface area contributed by atoms with Gasteiger partial charge in [0.1, 0.15) is 5.60 Å². The predicted octanol–water partition coefficient (Wildman–Crippen LogP) is 1.50. The smallest absolute Gasteiger partial charge is 0.407 e. The third-order valence-corrected chi connectivity index (χ3v) is 4.76. The van der Waals surface area contributed by atoms with Crippen molar-refractivity contribution in [3.05, 3.63) is 0 Å². The van der Waals surface area contributed by atoms with E-state index in [0.717, 1.165) is 38.9 Å². The van der Waals surface area contributed by atoms with Crippen LogP contribution in [0, 0.1) is 5.41 Å². The Bertz CT molecular complexity index is 425. The normalized spacial score (nSPS) is 24.9. The predicted molar refractivity (Wildman–Crippen MR) is 84.6 cm³/mol. The summed E-state index contributed by atoms with van der Waals surface area (Å²) in [6, 6.07) is -0.0397. The second-order valence-electron chi connectivity index (χ2n) is 7.53. The molecule has 2 N–H and O–H groups in total. The van der Waals surface area contributed by atoms with E-state index in [2.05, 4.69) is 10.6 Å². The minimum atomic E-state index is -0.514. The Morgan fingerprint density at radius 2 is 1.86 bits per heavy atom. The van der Waals surface area contributed by atoms with Crippen LogP contribution in [0.5, 0.6) is 0 Å². The number of amides is 2. The van der Waals surface area contributed by atoms with E-state index in [1.807, 2.05) is 25.7 Å². The first-order valence-electron chi connectivity index (χ1n) is 8.18. The molecule has 2 rings (SSSR count). The van der Waals surface area contributed by atoms with Crippen LogP contribution in [0.4, 0.5) is 4.79 Å². The fourth-order valence-electron chi connectivity index (χ4n) is 3.49. The van der Waals surface area contributed by atoms with Crippen LogP contribution in [-0.4, -0.2) is 54.7 Å². The van der Waals surface area contributed by atoms with Crippen molar-refractivity contribution in [2.45, 2.75) is 58.6 Å². The van der Waals surface area contributed by atoms with Gasteiger partial charge in [-0.3, -0.25) is 4.79 Å². The summed E-state index contributed by atoms with van der Waals surface area (Å²) >= 11 is 0. The first-order valence-corrected chi connectivity index (χ1v) is 8.18. The average Bonchev–Trinajstić information content (AvgIpc) is 2.40. The molecule has 0 aromatic rings. The Balaban J connectivity index is 2.09. The summed E-state index contributed by atoms with van der Waals surface area (Å²) in [5.41, 5.74) is -0.436. The van der Waals surface area contributed by atoms with Crippen LogP contribution in [0.1, 0.15) is 47.0 Å². The van der Waals surface area contributed by atoms with E-state index in [9.17, 15) is 9.59 Å². The van der Waals surface area contributed by atoms with Crippen LogP contribution in [0.15, 0.2) is 0 Å². The highest BCUT2D eigenvalue weighted by Gasteiger charge is 2.45. The lowest BCUT2D eigenvalue weighted by Gasteiger charge is -2.50. The molecule has 1 atom stereocenters. The summed E-state index contributed by atoms with van der Waals surface area (Å²) in [5, 5.41) is 6.42. The first-order chi connectivity index (χ1) is 10.2. The summed E-state index contributed by atoms with van der Waals surface area (Å²) in [6.45, 7) is 10.4. The summed E-state index contributed by atoms with van der Waals surface area (Å²) < 4.78 is 5.40.